The standard InChI is InChI=1S/C26H28N4O2S/c1-31-22-7-5-6-20(16-22)29-26-25-23(27-18-28-26)17-24(33-25)19-8-10-21(11-9-19)32-15-14-30-12-3-2-4-13-30/h5-11,16-18H,2-4,12-15H2,1H3,(H,27,28,29). The van der Waals surface area contributed by atoms with Crippen molar-refractivity contribution in [2.75, 3.05) is 38.7 Å². The van der Waals surface area contributed by atoms with Gasteiger partial charge in [-0.1, -0.05) is 12.5 Å². The number of nitrogens with one attached hydrogen (secondary N) is 1. The van der Waals surface area contributed by atoms with Crippen LogP contribution in [-0.4, -0.2) is 48.2 Å². The lowest BCUT2D eigenvalue weighted by molar-refractivity contribution is 0.183. The molecule has 0 radical (unpaired) electrons. The summed E-state index contributed by atoms with van der Waals surface area (Å²) in [5.74, 6) is 2.51. The topological polar surface area (TPSA) is 59.5 Å². The minimum Gasteiger partial charge on any atom is -0.497 e. The van der Waals surface area contributed by atoms with Gasteiger partial charge in [0.15, 0.2) is 5.82 Å². The molecule has 170 valence electrons. The molecule has 1 fully saturated rings. The van der Waals surface area contributed by atoms with E-state index in [0.717, 1.165) is 56.8 Å². The van der Waals surface area contributed by atoms with Gasteiger partial charge in [0.1, 0.15) is 24.4 Å². The highest BCUT2D eigenvalue weighted by molar-refractivity contribution is 7.22. The summed E-state index contributed by atoms with van der Waals surface area (Å²) in [5, 5.41) is 3.40. The van der Waals surface area contributed by atoms with Crippen molar-refractivity contribution in [3.8, 4) is 21.9 Å². The van der Waals surface area contributed by atoms with Gasteiger partial charge in [-0.05, 0) is 74.0 Å². The van der Waals surface area contributed by atoms with Gasteiger partial charge in [-0.25, -0.2) is 9.97 Å². The molecule has 0 bridgehead atoms. The molecule has 0 spiro atoms. The van der Waals surface area contributed by atoms with Crippen molar-refractivity contribution in [2.45, 2.75) is 19.3 Å². The quantitative estimate of drug-likeness (QED) is 0.349. The number of fused-ring (bicyclic) bond motifs is 1. The van der Waals surface area contributed by atoms with Crippen LogP contribution in [0.5, 0.6) is 11.5 Å². The summed E-state index contributed by atoms with van der Waals surface area (Å²) < 4.78 is 12.3. The Kier molecular flexibility index (Phi) is 6.69. The number of nitrogens with zero attached hydrogens (tertiary/aromatic N) is 3. The molecular formula is C26H28N4O2S. The second-order valence-corrected chi connectivity index (χ2v) is 9.23. The van der Waals surface area contributed by atoms with E-state index in [2.05, 4.69) is 50.5 Å². The molecule has 0 unspecified atom stereocenters. The Morgan fingerprint density at radius 2 is 1.82 bits per heavy atom. The summed E-state index contributed by atoms with van der Waals surface area (Å²) in [5.41, 5.74) is 3.00. The first-order chi connectivity index (χ1) is 16.3. The molecule has 0 amide bonds. The van der Waals surface area contributed by atoms with Gasteiger partial charge in [-0.2, -0.15) is 0 Å². The number of rotatable bonds is 8. The van der Waals surface area contributed by atoms with Crippen LogP contribution >= 0.6 is 11.3 Å². The zero-order chi connectivity index (χ0) is 22.5. The van der Waals surface area contributed by atoms with Crippen molar-refractivity contribution >= 4 is 33.1 Å². The Labute approximate surface area is 198 Å². The maximum atomic E-state index is 5.98. The van der Waals surface area contributed by atoms with Gasteiger partial charge in [0, 0.05) is 23.2 Å². The molecule has 1 aliphatic heterocycles. The van der Waals surface area contributed by atoms with Crippen LogP contribution in [0, 0.1) is 0 Å². The van der Waals surface area contributed by atoms with Gasteiger partial charge >= 0.3 is 0 Å². The van der Waals surface area contributed by atoms with Crippen LogP contribution in [0.25, 0.3) is 20.7 Å². The van der Waals surface area contributed by atoms with E-state index in [9.17, 15) is 0 Å². The lowest BCUT2D eigenvalue weighted by Crippen LogP contribution is -2.33. The maximum Gasteiger partial charge on any atom is 0.151 e. The first kappa shape index (κ1) is 21.7. The van der Waals surface area contributed by atoms with E-state index < -0.39 is 0 Å². The van der Waals surface area contributed by atoms with E-state index in [1.54, 1.807) is 24.8 Å². The normalized spacial score (nSPS) is 14.3. The van der Waals surface area contributed by atoms with Gasteiger partial charge < -0.3 is 14.8 Å². The van der Waals surface area contributed by atoms with Crippen LogP contribution in [0.4, 0.5) is 11.5 Å². The summed E-state index contributed by atoms with van der Waals surface area (Å²) >= 11 is 1.68. The molecule has 1 N–H and O–H groups in total. The molecule has 5 rings (SSSR count). The lowest BCUT2D eigenvalue weighted by Gasteiger charge is -2.26. The van der Waals surface area contributed by atoms with Crippen LogP contribution in [-0.2, 0) is 0 Å². The number of anilines is 2. The third-order valence-corrected chi connectivity index (χ3v) is 7.09. The van der Waals surface area contributed by atoms with Crippen LogP contribution in [0.3, 0.4) is 0 Å². The highest BCUT2D eigenvalue weighted by Gasteiger charge is 2.12. The van der Waals surface area contributed by atoms with Crippen LogP contribution in [0.15, 0.2) is 60.9 Å². The van der Waals surface area contributed by atoms with Crippen molar-refractivity contribution in [3.05, 3.63) is 60.9 Å². The number of piperidine rings is 1. The SMILES string of the molecule is COc1cccc(Nc2ncnc3cc(-c4ccc(OCCN5CCCCC5)cc4)sc23)c1. The minimum atomic E-state index is 0.733. The molecule has 4 aromatic rings. The second kappa shape index (κ2) is 10.2. The van der Waals surface area contributed by atoms with Crippen LogP contribution in [0.2, 0.25) is 0 Å². The number of hydrogen-bond acceptors (Lipinski definition) is 7. The Balaban J connectivity index is 1.28. The highest BCUT2D eigenvalue weighted by atomic mass is 32.1. The van der Waals surface area contributed by atoms with Crippen molar-refractivity contribution in [3.63, 3.8) is 0 Å². The summed E-state index contributed by atoms with van der Waals surface area (Å²) in [4.78, 5) is 12.6. The van der Waals surface area contributed by atoms with E-state index in [1.807, 2.05) is 24.3 Å². The van der Waals surface area contributed by atoms with E-state index in [1.165, 1.54) is 32.4 Å². The summed E-state index contributed by atoms with van der Waals surface area (Å²) in [6.07, 6.45) is 5.58. The van der Waals surface area contributed by atoms with E-state index >= 15 is 0 Å². The number of hydrogen-bond donors (Lipinski definition) is 1. The lowest BCUT2D eigenvalue weighted by atomic mass is 10.1. The fourth-order valence-electron chi connectivity index (χ4n) is 4.11. The predicted molar refractivity (Wildman–Crippen MR) is 135 cm³/mol. The number of ether oxygens (including phenoxy) is 2. The molecule has 1 saturated heterocycles. The minimum absolute atomic E-state index is 0.733. The fourth-order valence-corrected chi connectivity index (χ4v) is 5.18. The van der Waals surface area contributed by atoms with Crippen LogP contribution in [0.1, 0.15) is 19.3 Å². The van der Waals surface area contributed by atoms with Crippen molar-refractivity contribution in [1.29, 1.82) is 0 Å². The first-order valence-corrected chi connectivity index (χ1v) is 12.2. The Morgan fingerprint density at radius 3 is 2.64 bits per heavy atom. The second-order valence-electron chi connectivity index (χ2n) is 8.18. The summed E-state index contributed by atoms with van der Waals surface area (Å²) in [6, 6.07) is 18.3. The fraction of sp³-hybridized carbons (Fsp3) is 0.308. The average Bonchev–Trinajstić information content (AvgIpc) is 3.31. The monoisotopic (exact) mass is 460 g/mol. The largest absolute Gasteiger partial charge is 0.497 e. The number of thiophene rings is 1. The Morgan fingerprint density at radius 1 is 0.970 bits per heavy atom. The molecule has 0 saturated carbocycles. The first-order valence-electron chi connectivity index (χ1n) is 11.4. The van der Waals surface area contributed by atoms with E-state index in [0.29, 0.717) is 0 Å². The molecule has 33 heavy (non-hydrogen) atoms. The number of benzene rings is 2. The zero-order valence-electron chi connectivity index (χ0n) is 18.8. The van der Waals surface area contributed by atoms with Gasteiger partial charge in [0.05, 0.1) is 17.3 Å². The van der Waals surface area contributed by atoms with Gasteiger partial charge in [-0.3, -0.25) is 4.90 Å². The third kappa shape index (κ3) is 5.26. The van der Waals surface area contributed by atoms with Crippen LogP contribution < -0.4 is 14.8 Å². The maximum absolute atomic E-state index is 5.98. The molecule has 6 nitrogen and oxygen atoms in total. The molecule has 0 atom stereocenters. The van der Waals surface area contributed by atoms with Crippen molar-refractivity contribution < 1.29 is 9.47 Å². The predicted octanol–water partition coefficient (Wildman–Crippen LogP) is 5.98. The molecule has 1 aliphatic rings. The third-order valence-electron chi connectivity index (χ3n) is 5.91. The molecule has 2 aromatic heterocycles. The molecular weight excluding hydrogens is 432 g/mol. The smallest absolute Gasteiger partial charge is 0.151 e. The van der Waals surface area contributed by atoms with Gasteiger partial charge in [-0.15, -0.1) is 11.3 Å². The van der Waals surface area contributed by atoms with Gasteiger partial charge in [0.25, 0.3) is 0 Å². The molecule has 7 heteroatoms. The van der Waals surface area contributed by atoms with Crippen molar-refractivity contribution in [2.24, 2.45) is 0 Å². The number of methoxy groups -OCH3 is 1. The molecule has 0 aliphatic carbocycles. The van der Waals surface area contributed by atoms with Crippen molar-refractivity contribution in [1.82, 2.24) is 14.9 Å². The summed E-state index contributed by atoms with van der Waals surface area (Å²) in [6.45, 7) is 4.13. The Hall–Kier alpha value is -3.16. The van der Waals surface area contributed by atoms with E-state index in [4.69, 9.17) is 9.47 Å². The number of likely N-dealkylation sites (tertiary alicyclic amines) is 1. The zero-order valence-corrected chi connectivity index (χ0v) is 19.6. The van der Waals surface area contributed by atoms with E-state index in [-0.39, 0.29) is 0 Å². The highest BCUT2D eigenvalue weighted by Crippen LogP contribution is 2.37. The number of aromatic nitrogens is 2. The average molecular weight is 461 g/mol. The van der Waals surface area contributed by atoms with Gasteiger partial charge in [0.2, 0.25) is 0 Å². The molecule has 2 aromatic carbocycles. The molecule has 3 heterocycles. The summed E-state index contributed by atoms with van der Waals surface area (Å²) in [7, 11) is 1.67. The Bertz CT molecular complexity index is 1200.